The largest absolute Gasteiger partial charge is 0.326 e. The number of likely N-dealkylation sites (tertiary alicyclic amines) is 1. The summed E-state index contributed by atoms with van der Waals surface area (Å²) in [5.41, 5.74) is 2.53. The lowest BCUT2D eigenvalue weighted by Crippen LogP contribution is -2.68. The van der Waals surface area contributed by atoms with E-state index in [0.29, 0.717) is 5.92 Å². The van der Waals surface area contributed by atoms with Crippen molar-refractivity contribution in [2.45, 2.75) is 38.1 Å². The van der Waals surface area contributed by atoms with E-state index in [-0.39, 0.29) is 17.5 Å². The van der Waals surface area contributed by atoms with E-state index < -0.39 is 0 Å². The van der Waals surface area contributed by atoms with Crippen LogP contribution in [0.2, 0.25) is 0 Å². The summed E-state index contributed by atoms with van der Waals surface area (Å²) in [6.45, 7) is 2.29. The van der Waals surface area contributed by atoms with E-state index in [4.69, 9.17) is 0 Å². The molecule has 4 rings (SSSR count). The molecule has 1 heterocycles. The van der Waals surface area contributed by atoms with Gasteiger partial charge in [-0.05, 0) is 42.7 Å². The number of carbonyl (C=O) groups is 2. The molecule has 2 aromatic carbocycles. The third-order valence-electron chi connectivity index (χ3n) is 5.90. The molecule has 0 unspecified atom stereocenters. The SMILES string of the molecule is CC(=O)Nc1ccc(NC(=O)N2C[C@H]3CCCC[C@@]32c2ccccc2)cc1. The minimum Gasteiger partial charge on any atom is -0.326 e. The van der Waals surface area contributed by atoms with E-state index in [1.54, 1.807) is 12.1 Å². The molecule has 2 fully saturated rings. The number of amides is 3. The lowest BCUT2D eigenvalue weighted by molar-refractivity contribution is -0.114. The molecule has 5 heteroatoms. The Balaban J connectivity index is 1.52. The Morgan fingerprint density at radius 1 is 0.963 bits per heavy atom. The number of anilines is 2. The average Bonchev–Trinajstić information content (AvgIpc) is 2.65. The van der Waals surface area contributed by atoms with Gasteiger partial charge < -0.3 is 15.5 Å². The van der Waals surface area contributed by atoms with E-state index in [9.17, 15) is 9.59 Å². The minimum atomic E-state index is -0.167. The summed E-state index contributed by atoms with van der Waals surface area (Å²) in [5, 5.41) is 5.76. The van der Waals surface area contributed by atoms with Crippen LogP contribution in [0.15, 0.2) is 54.6 Å². The van der Waals surface area contributed by atoms with Crippen LogP contribution in [-0.4, -0.2) is 23.4 Å². The smallest absolute Gasteiger partial charge is 0.322 e. The molecule has 0 spiro atoms. The van der Waals surface area contributed by atoms with Crippen LogP contribution in [0.5, 0.6) is 0 Å². The molecule has 27 heavy (non-hydrogen) atoms. The maximum Gasteiger partial charge on any atom is 0.322 e. The fraction of sp³-hybridized carbons (Fsp3) is 0.364. The highest BCUT2D eigenvalue weighted by Crippen LogP contribution is 2.53. The average molecular weight is 363 g/mol. The highest BCUT2D eigenvalue weighted by Gasteiger charge is 2.57. The number of carbonyl (C=O) groups excluding carboxylic acids is 2. The molecular formula is C22H25N3O2. The van der Waals surface area contributed by atoms with Gasteiger partial charge in [-0.3, -0.25) is 4.79 Å². The van der Waals surface area contributed by atoms with Crippen LogP contribution in [0.3, 0.4) is 0 Å². The Hall–Kier alpha value is -2.82. The van der Waals surface area contributed by atoms with Gasteiger partial charge in [-0.25, -0.2) is 4.79 Å². The van der Waals surface area contributed by atoms with Crippen molar-refractivity contribution in [2.24, 2.45) is 5.92 Å². The van der Waals surface area contributed by atoms with Crippen LogP contribution in [0, 0.1) is 5.92 Å². The van der Waals surface area contributed by atoms with E-state index >= 15 is 0 Å². The fourth-order valence-electron chi connectivity index (χ4n) is 4.65. The van der Waals surface area contributed by atoms with Crippen LogP contribution in [0.25, 0.3) is 0 Å². The fourth-order valence-corrected chi connectivity index (χ4v) is 4.65. The van der Waals surface area contributed by atoms with Crippen LogP contribution in [0.1, 0.15) is 38.2 Å². The highest BCUT2D eigenvalue weighted by molar-refractivity contribution is 5.92. The van der Waals surface area contributed by atoms with Crippen molar-refractivity contribution in [3.05, 3.63) is 60.2 Å². The molecule has 0 aromatic heterocycles. The molecular weight excluding hydrogens is 338 g/mol. The molecule has 2 aromatic rings. The third kappa shape index (κ3) is 3.18. The van der Waals surface area contributed by atoms with Crippen molar-refractivity contribution in [3.8, 4) is 0 Å². The number of fused-ring (bicyclic) bond motifs is 1. The molecule has 0 radical (unpaired) electrons. The van der Waals surface area contributed by atoms with Gasteiger partial charge in [-0.2, -0.15) is 0 Å². The summed E-state index contributed by atoms with van der Waals surface area (Å²) in [6.07, 6.45) is 4.61. The standard InChI is InChI=1S/C22H25N3O2/c1-16(26)23-19-10-12-20(13-11-19)24-21(27)25-15-18-9-5-6-14-22(18,25)17-7-3-2-4-8-17/h2-4,7-8,10-13,18H,5-6,9,14-15H2,1H3,(H,23,26)(H,24,27)/t18-,22-/m1/s1. The predicted octanol–water partition coefficient (Wildman–Crippen LogP) is 4.58. The molecule has 5 nitrogen and oxygen atoms in total. The van der Waals surface area contributed by atoms with Crippen molar-refractivity contribution < 1.29 is 9.59 Å². The van der Waals surface area contributed by atoms with Crippen LogP contribution < -0.4 is 10.6 Å². The molecule has 2 atom stereocenters. The second-order valence-corrected chi connectivity index (χ2v) is 7.53. The number of rotatable bonds is 3. The Morgan fingerprint density at radius 3 is 2.26 bits per heavy atom. The van der Waals surface area contributed by atoms with Gasteiger partial charge in [-0.15, -0.1) is 0 Å². The van der Waals surface area contributed by atoms with Gasteiger partial charge >= 0.3 is 6.03 Å². The van der Waals surface area contributed by atoms with Gasteiger partial charge in [-0.1, -0.05) is 43.2 Å². The van der Waals surface area contributed by atoms with Crippen LogP contribution >= 0.6 is 0 Å². The lowest BCUT2D eigenvalue weighted by Gasteiger charge is -2.61. The first-order valence-corrected chi connectivity index (χ1v) is 9.61. The molecule has 3 amide bonds. The molecule has 2 aliphatic rings. The summed E-state index contributed by atoms with van der Waals surface area (Å²) in [6, 6.07) is 17.6. The minimum absolute atomic E-state index is 0.0516. The van der Waals surface area contributed by atoms with Crippen molar-refractivity contribution >= 4 is 23.3 Å². The molecule has 1 saturated carbocycles. The third-order valence-corrected chi connectivity index (χ3v) is 5.90. The Bertz CT molecular complexity index is 834. The van der Waals surface area contributed by atoms with E-state index in [1.807, 2.05) is 23.1 Å². The number of nitrogens with one attached hydrogen (secondary N) is 2. The first kappa shape index (κ1) is 17.6. The Morgan fingerprint density at radius 2 is 1.63 bits per heavy atom. The van der Waals surface area contributed by atoms with Gasteiger partial charge in [0.05, 0.1) is 5.54 Å². The topological polar surface area (TPSA) is 61.4 Å². The van der Waals surface area contributed by atoms with Gasteiger partial charge in [0.2, 0.25) is 5.91 Å². The number of hydrogen-bond donors (Lipinski definition) is 2. The Labute approximate surface area is 159 Å². The maximum absolute atomic E-state index is 13.0. The van der Waals surface area contributed by atoms with Gasteiger partial charge in [0, 0.05) is 30.8 Å². The summed E-state index contributed by atoms with van der Waals surface area (Å²) < 4.78 is 0. The van der Waals surface area contributed by atoms with E-state index in [2.05, 4.69) is 34.9 Å². The number of urea groups is 1. The number of hydrogen-bond acceptors (Lipinski definition) is 2. The van der Waals surface area contributed by atoms with Crippen LogP contribution in [-0.2, 0) is 10.3 Å². The van der Waals surface area contributed by atoms with Crippen molar-refractivity contribution in [1.82, 2.24) is 4.90 Å². The monoisotopic (exact) mass is 363 g/mol. The van der Waals surface area contributed by atoms with Crippen molar-refractivity contribution in [1.29, 1.82) is 0 Å². The van der Waals surface area contributed by atoms with Gasteiger partial charge in [0.1, 0.15) is 0 Å². The zero-order valence-corrected chi connectivity index (χ0v) is 15.6. The summed E-state index contributed by atoms with van der Waals surface area (Å²) >= 11 is 0. The normalized spacial score (nSPS) is 23.7. The van der Waals surface area contributed by atoms with Crippen molar-refractivity contribution in [2.75, 3.05) is 17.2 Å². The van der Waals surface area contributed by atoms with Crippen molar-refractivity contribution in [3.63, 3.8) is 0 Å². The molecule has 1 saturated heterocycles. The lowest BCUT2D eigenvalue weighted by atomic mass is 9.62. The second-order valence-electron chi connectivity index (χ2n) is 7.53. The van der Waals surface area contributed by atoms with Gasteiger partial charge in [0.25, 0.3) is 0 Å². The predicted molar refractivity (Wildman–Crippen MR) is 107 cm³/mol. The van der Waals surface area contributed by atoms with Crippen LogP contribution in [0.4, 0.5) is 16.2 Å². The van der Waals surface area contributed by atoms with E-state index in [0.717, 1.165) is 30.8 Å². The maximum atomic E-state index is 13.0. The summed E-state index contributed by atoms with van der Waals surface area (Å²) in [7, 11) is 0. The quantitative estimate of drug-likeness (QED) is 0.838. The zero-order valence-electron chi connectivity index (χ0n) is 15.6. The second kappa shape index (κ2) is 7.06. The molecule has 0 bridgehead atoms. The highest BCUT2D eigenvalue weighted by atomic mass is 16.2. The summed E-state index contributed by atoms with van der Waals surface area (Å²) in [5.74, 6) is 0.432. The summed E-state index contributed by atoms with van der Waals surface area (Å²) in [4.78, 5) is 26.2. The first-order valence-electron chi connectivity index (χ1n) is 9.61. The molecule has 140 valence electrons. The molecule has 1 aliphatic heterocycles. The Kier molecular flexibility index (Phi) is 4.60. The van der Waals surface area contributed by atoms with E-state index in [1.165, 1.54) is 25.3 Å². The number of nitrogens with zero attached hydrogens (tertiary/aromatic N) is 1. The first-order chi connectivity index (χ1) is 13.1. The van der Waals surface area contributed by atoms with Gasteiger partial charge in [0.15, 0.2) is 0 Å². The molecule has 1 aliphatic carbocycles. The zero-order chi connectivity index (χ0) is 18.9. The number of benzene rings is 2. The molecule has 2 N–H and O–H groups in total.